The maximum absolute atomic E-state index is 12.8. The number of hydrogen-bond acceptors (Lipinski definition) is 8. The first kappa shape index (κ1) is 27.3. The van der Waals surface area contributed by atoms with Gasteiger partial charge in [-0.1, -0.05) is 12.1 Å². The van der Waals surface area contributed by atoms with Gasteiger partial charge in [-0.15, -0.1) is 0 Å². The summed E-state index contributed by atoms with van der Waals surface area (Å²) in [6.07, 6.45) is -2.12. The lowest BCUT2D eigenvalue weighted by Crippen LogP contribution is -2.58. The van der Waals surface area contributed by atoms with Crippen molar-refractivity contribution in [1.29, 1.82) is 0 Å². The van der Waals surface area contributed by atoms with Gasteiger partial charge in [0.1, 0.15) is 29.9 Å². The molecule has 1 aromatic carbocycles. The van der Waals surface area contributed by atoms with Gasteiger partial charge in [0.05, 0.1) is 12.5 Å². The van der Waals surface area contributed by atoms with Crippen LogP contribution in [0.5, 0.6) is 5.75 Å². The zero-order valence-corrected chi connectivity index (χ0v) is 18.0. The van der Waals surface area contributed by atoms with Gasteiger partial charge in [0.2, 0.25) is 17.7 Å². The van der Waals surface area contributed by atoms with Crippen LogP contribution in [0.25, 0.3) is 0 Å². The Bertz CT molecular complexity index is 873. The third kappa shape index (κ3) is 9.13. The van der Waals surface area contributed by atoms with Crippen LogP contribution in [0.15, 0.2) is 24.3 Å². The van der Waals surface area contributed by atoms with Crippen molar-refractivity contribution in [1.82, 2.24) is 16.0 Å². The highest BCUT2D eigenvalue weighted by Crippen LogP contribution is 2.12. The summed E-state index contributed by atoms with van der Waals surface area (Å²) in [5.41, 5.74) is 6.14. The molecule has 5 unspecified atom stereocenters. The quantitative estimate of drug-likeness (QED) is 0.163. The van der Waals surface area contributed by atoms with E-state index in [1.807, 2.05) is 5.32 Å². The standard InChI is InChI=1S/C20H28N4O9/c1-9(17(29)24-14(20(32)33)8-15(27)28)22-18(30)13(23-19(31)16(21)10(2)25)7-11-3-5-12(26)6-4-11/h3-6,9-10,13-14,16,25-26H,7-8,21H2,1-2H3,(H,22,30)(H,23,31)(H,24,29)(H,27,28)(H,32,33). The molecule has 0 aliphatic rings. The summed E-state index contributed by atoms with van der Waals surface area (Å²) >= 11 is 0. The second kappa shape index (κ2) is 12.4. The van der Waals surface area contributed by atoms with Crippen LogP contribution in [-0.2, 0) is 30.4 Å². The molecule has 0 aliphatic carbocycles. The molecule has 0 bridgehead atoms. The first-order valence-corrected chi connectivity index (χ1v) is 9.89. The number of phenols is 1. The fourth-order valence-electron chi connectivity index (χ4n) is 2.61. The molecule has 3 amide bonds. The van der Waals surface area contributed by atoms with Gasteiger partial charge in [-0.25, -0.2) is 4.79 Å². The van der Waals surface area contributed by atoms with Crippen LogP contribution < -0.4 is 21.7 Å². The molecule has 1 aromatic rings. The van der Waals surface area contributed by atoms with Gasteiger partial charge in [0.25, 0.3) is 0 Å². The van der Waals surface area contributed by atoms with Crippen molar-refractivity contribution >= 4 is 29.7 Å². The number of aliphatic carboxylic acids is 2. The molecule has 9 N–H and O–H groups in total. The Morgan fingerprint density at radius 1 is 0.879 bits per heavy atom. The molecule has 33 heavy (non-hydrogen) atoms. The third-order valence-electron chi connectivity index (χ3n) is 4.58. The largest absolute Gasteiger partial charge is 0.508 e. The maximum Gasteiger partial charge on any atom is 0.326 e. The van der Waals surface area contributed by atoms with E-state index in [0.29, 0.717) is 5.56 Å². The van der Waals surface area contributed by atoms with Crippen molar-refractivity contribution in [2.45, 2.75) is 57.0 Å². The van der Waals surface area contributed by atoms with E-state index in [-0.39, 0.29) is 12.2 Å². The van der Waals surface area contributed by atoms with Crippen LogP contribution in [0.4, 0.5) is 0 Å². The molecular weight excluding hydrogens is 440 g/mol. The van der Waals surface area contributed by atoms with Crippen molar-refractivity contribution in [2.75, 3.05) is 0 Å². The zero-order chi connectivity index (χ0) is 25.3. The van der Waals surface area contributed by atoms with Crippen molar-refractivity contribution in [3.05, 3.63) is 29.8 Å². The lowest BCUT2D eigenvalue weighted by molar-refractivity contribution is -0.147. The Morgan fingerprint density at radius 2 is 1.42 bits per heavy atom. The number of amides is 3. The number of benzene rings is 1. The fourth-order valence-corrected chi connectivity index (χ4v) is 2.61. The van der Waals surface area contributed by atoms with Gasteiger partial charge in [-0.05, 0) is 31.5 Å². The van der Waals surface area contributed by atoms with Crippen LogP contribution in [0, 0.1) is 0 Å². The van der Waals surface area contributed by atoms with Crippen LogP contribution in [0.3, 0.4) is 0 Å². The first-order valence-electron chi connectivity index (χ1n) is 9.89. The van der Waals surface area contributed by atoms with Gasteiger partial charge < -0.3 is 42.1 Å². The molecule has 0 aromatic heterocycles. The lowest BCUT2D eigenvalue weighted by atomic mass is 10.0. The molecular formula is C20H28N4O9. The number of carbonyl (C=O) groups is 5. The van der Waals surface area contributed by atoms with Crippen LogP contribution in [0.2, 0.25) is 0 Å². The van der Waals surface area contributed by atoms with Gasteiger partial charge in [0.15, 0.2) is 0 Å². The number of carboxylic acid groups (broad SMARTS) is 2. The molecule has 0 fully saturated rings. The Kier molecular flexibility index (Phi) is 10.2. The minimum Gasteiger partial charge on any atom is -0.508 e. The van der Waals surface area contributed by atoms with E-state index in [2.05, 4.69) is 10.6 Å². The van der Waals surface area contributed by atoms with Gasteiger partial charge in [0, 0.05) is 6.42 Å². The first-order chi connectivity index (χ1) is 15.3. The number of aromatic hydroxyl groups is 1. The minimum atomic E-state index is -1.70. The normalized spacial score (nSPS) is 15.3. The number of carbonyl (C=O) groups excluding carboxylic acids is 3. The summed E-state index contributed by atoms with van der Waals surface area (Å²) in [5, 5.41) is 43.5. The molecule has 13 nitrogen and oxygen atoms in total. The van der Waals surface area contributed by atoms with E-state index in [1.165, 1.54) is 38.1 Å². The van der Waals surface area contributed by atoms with Gasteiger partial charge in [-0.3, -0.25) is 19.2 Å². The molecule has 0 aliphatic heterocycles. The lowest BCUT2D eigenvalue weighted by Gasteiger charge is -2.24. The van der Waals surface area contributed by atoms with Gasteiger partial charge in [-0.2, -0.15) is 0 Å². The van der Waals surface area contributed by atoms with E-state index in [1.54, 1.807) is 0 Å². The van der Waals surface area contributed by atoms with E-state index in [9.17, 15) is 34.2 Å². The molecule has 0 radical (unpaired) electrons. The number of nitrogens with one attached hydrogen (secondary N) is 3. The highest BCUT2D eigenvalue weighted by molar-refractivity contribution is 5.94. The second-order valence-electron chi connectivity index (χ2n) is 7.43. The number of carboxylic acids is 2. The number of hydrogen-bond donors (Lipinski definition) is 8. The molecule has 182 valence electrons. The summed E-state index contributed by atoms with van der Waals surface area (Å²) in [7, 11) is 0. The zero-order valence-electron chi connectivity index (χ0n) is 18.0. The average molecular weight is 468 g/mol. The average Bonchev–Trinajstić information content (AvgIpc) is 2.72. The van der Waals surface area contributed by atoms with Crippen LogP contribution in [0.1, 0.15) is 25.8 Å². The minimum absolute atomic E-state index is 0.0143. The number of aliphatic hydroxyl groups excluding tert-OH is 1. The monoisotopic (exact) mass is 468 g/mol. The predicted octanol–water partition coefficient (Wildman–Crippen LogP) is -2.32. The van der Waals surface area contributed by atoms with Crippen LogP contribution >= 0.6 is 0 Å². The molecule has 13 heteroatoms. The summed E-state index contributed by atoms with van der Waals surface area (Å²) in [6, 6.07) is 0.218. The van der Waals surface area contributed by atoms with Crippen molar-refractivity contribution < 1.29 is 44.4 Å². The number of nitrogens with two attached hydrogens (primary N) is 1. The molecule has 0 saturated carbocycles. The Labute approximate surface area is 189 Å². The molecule has 0 saturated heterocycles. The maximum atomic E-state index is 12.8. The van der Waals surface area contributed by atoms with E-state index < -0.39 is 66.4 Å². The molecule has 0 spiro atoms. The number of aliphatic hydroxyl groups is 1. The summed E-state index contributed by atoms with van der Waals surface area (Å²) in [6.45, 7) is 2.54. The highest BCUT2D eigenvalue weighted by atomic mass is 16.4. The van der Waals surface area contributed by atoms with E-state index >= 15 is 0 Å². The van der Waals surface area contributed by atoms with Gasteiger partial charge >= 0.3 is 11.9 Å². The van der Waals surface area contributed by atoms with Crippen molar-refractivity contribution in [2.24, 2.45) is 5.73 Å². The third-order valence-corrected chi connectivity index (χ3v) is 4.58. The van der Waals surface area contributed by atoms with E-state index in [4.69, 9.17) is 15.9 Å². The SMILES string of the molecule is CC(NC(=O)C(Cc1ccc(O)cc1)NC(=O)C(N)C(C)O)C(=O)NC(CC(=O)O)C(=O)O. The Morgan fingerprint density at radius 3 is 1.91 bits per heavy atom. The topological polar surface area (TPSA) is 228 Å². The smallest absolute Gasteiger partial charge is 0.326 e. The number of phenolic OH excluding ortho intramolecular Hbond substituents is 1. The second-order valence-corrected chi connectivity index (χ2v) is 7.43. The van der Waals surface area contributed by atoms with Crippen molar-refractivity contribution in [3.8, 4) is 5.75 Å². The molecule has 5 atom stereocenters. The highest BCUT2D eigenvalue weighted by Gasteiger charge is 2.30. The van der Waals surface area contributed by atoms with Crippen LogP contribution in [-0.4, -0.2) is 80.4 Å². The van der Waals surface area contributed by atoms with Crippen molar-refractivity contribution in [3.63, 3.8) is 0 Å². The summed E-state index contributed by atoms with van der Waals surface area (Å²) < 4.78 is 0. The fraction of sp³-hybridized carbons (Fsp3) is 0.450. The molecule has 0 heterocycles. The number of rotatable bonds is 12. The Hall–Kier alpha value is -3.71. The Balaban J connectivity index is 2.95. The van der Waals surface area contributed by atoms with E-state index in [0.717, 1.165) is 0 Å². The molecule has 1 rings (SSSR count). The predicted molar refractivity (Wildman–Crippen MR) is 113 cm³/mol. The summed E-state index contributed by atoms with van der Waals surface area (Å²) in [4.78, 5) is 59.2. The summed E-state index contributed by atoms with van der Waals surface area (Å²) in [5.74, 6) is -5.61.